The molecule has 0 fully saturated rings. The van der Waals surface area contributed by atoms with E-state index in [2.05, 4.69) is 15.5 Å². The number of amides is 1. The highest BCUT2D eigenvalue weighted by molar-refractivity contribution is 7.99. The fraction of sp³-hybridized carbons (Fsp3) is 0.167. The second-order valence-electron chi connectivity index (χ2n) is 5.53. The van der Waals surface area contributed by atoms with Gasteiger partial charge in [-0.1, -0.05) is 35.5 Å². The van der Waals surface area contributed by atoms with Gasteiger partial charge in [-0.15, -0.1) is 10.2 Å². The van der Waals surface area contributed by atoms with Gasteiger partial charge in [-0.05, 0) is 48.4 Å². The number of halogens is 2. The lowest BCUT2D eigenvalue weighted by atomic mass is 10.1. The van der Waals surface area contributed by atoms with E-state index in [1.807, 2.05) is 0 Å². The van der Waals surface area contributed by atoms with Crippen molar-refractivity contribution in [1.82, 2.24) is 15.5 Å². The molecule has 134 valence electrons. The average molecular weight is 392 g/mol. The van der Waals surface area contributed by atoms with E-state index < -0.39 is 0 Å². The Bertz CT molecular complexity index is 915. The van der Waals surface area contributed by atoms with E-state index in [1.165, 1.54) is 6.07 Å². The van der Waals surface area contributed by atoms with Crippen molar-refractivity contribution < 1.29 is 13.6 Å². The molecule has 0 atom stereocenters. The number of carbonyl (C=O) groups excluding carboxylic acids is 1. The number of rotatable bonds is 6. The molecule has 0 aliphatic heterocycles. The molecule has 0 unspecified atom stereocenters. The SMILES string of the molecule is Cc1ccc(CNC(=O)CSc2nnc(-c3ccc(Cl)cc3)o2)cc1F. The van der Waals surface area contributed by atoms with Crippen molar-refractivity contribution in [3.8, 4) is 11.5 Å². The molecule has 5 nitrogen and oxygen atoms in total. The Labute approximate surface area is 159 Å². The number of carbonyl (C=O) groups is 1. The van der Waals surface area contributed by atoms with Gasteiger partial charge in [0.05, 0.1) is 5.75 Å². The Morgan fingerprint density at radius 3 is 2.73 bits per heavy atom. The molecule has 0 spiro atoms. The zero-order valence-electron chi connectivity index (χ0n) is 13.8. The van der Waals surface area contributed by atoms with Gasteiger partial charge < -0.3 is 9.73 Å². The van der Waals surface area contributed by atoms with Crippen LogP contribution in [-0.2, 0) is 11.3 Å². The lowest BCUT2D eigenvalue weighted by Gasteiger charge is -2.05. The molecule has 2 aromatic carbocycles. The summed E-state index contributed by atoms with van der Waals surface area (Å²) in [6.07, 6.45) is 0. The van der Waals surface area contributed by atoms with Crippen LogP contribution in [0.3, 0.4) is 0 Å². The molecule has 0 saturated heterocycles. The standard InChI is InChI=1S/C18H15ClFN3O2S/c1-11-2-3-12(8-15(11)20)9-21-16(24)10-26-18-23-22-17(25-18)13-4-6-14(19)7-5-13/h2-8H,9-10H2,1H3,(H,21,24). The molecule has 8 heteroatoms. The van der Waals surface area contributed by atoms with E-state index in [4.69, 9.17) is 16.0 Å². The third-order valence-corrected chi connectivity index (χ3v) is 4.62. The van der Waals surface area contributed by atoms with Crippen LogP contribution in [0.5, 0.6) is 0 Å². The lowest BCUT2D eigenvalue weighted by Crippen LogP contribution is -2.24. The number of hydrogen-bond acceptors (Lipinski definition) is 5. The summed E-state index contributed by atoms with van der Waals surface area (Å²) in [5, 5.41) is 11.5. The van der Waals surface area contributed by atoms with Crippen LogP contribution in [0, 0.1) is 12.7 Å². The zero-order chi connectivity index (χ0) is 18.5. The minimum absolute atomic E-state index is 0.122. The molecule has 3 aromatic rings. The Kier molecular flexibility index (Phi) is 5.90. The fourth-order valence-electron chi connectivity index (χ4n) is 2.10. The Morgan fingerprint density at radius 1 is 1.23 bits per heavy atom. The van der Waals surface area contributed by atoms with Gasteiger partial charge >= 0.3 is 0 Å². The zero-order valence-corrected chi connectivity index (χ0v) is 15.4. The summed E-state index contributed by atoms with van der Waals surface area (Å²) in [6.45, 7) is 1.95. The van der Waals surface area contributed by atoms with Crippen molar-refractivity contribution in [3.05, 3.63) is 64.4 Å². The maximum absolute atomic E-state index is 13.5. The molecule has 0 aliphatic rings. The predicted octanol–water partition coefficient (Wildman–Crippen LogP) is 4.25. The summed E-state index contributed by atoms with van der Waals surface area (Å²) < 4.78 is 19.0. The number of aromatic nitrogens is 2. The van der Waals surface area contributed by atoms with Crippen molar-refractivity contribution in [3.63, 3.8) is 0 Å². The molecular weight excluding hydrogens is 377 g/mol. The number of aryl methyl sites for hydroxylation is 1. The highest BCUT2D eigenvalue weighted by atomic mass is 35.5. The summed E-state index contributed by atoms with van der Waals surface area (Å²) in [5.74, 6) is -0.00926. The average Bonchev–Trinajstić information content (AvgIpc) is 3.10. The first-order valence-electron chi connectivity index (χ1n) is 7.75. The molecule has 0 aliphatic carbocycles. The first kappa shape index (κ1) is 18.4. The molecule has 1 aromatic heterocycles. The molecule has 26 heavy (non-hydrogen) atoms. The van der Waals surface area contributed by atoms with Crippen LogP contribution in [-0.4, -0.2) is 21.9 Å². The van der Waals surface area contributed by atoms with E-state index in [1.54, 1.807) is 43.3 Å². The normalized spacial score (nSPS) is 10.7. The minimum Gasteiger partial charge on any atom is -0.411 e. The number of nitrogens with one attached hydrogen (secondary N) is 1. The van der Waals surface area contributed by atoms with Gasteiger partial charge in [0.1, 0.15) is 5.82 Å². The second kappa shape index (κ2) is 8.33. The second-order valence-corrected chi connectivity index (χ2v) is 6.89. The number of thioether (sulfide) groups is 1. The first-order valence-corrected chi connectivity index (χ1v) is 9.11. The van der Waals surface area contributed by atoms with Crippen LogP contribution in [0.25, 0.3) is 11.5 Å². The number of hydrogen-bond donors (Lipinski definition) is 1. The molecule has 1 heterocycles. The molecular formula is C18H15ClFN3O2S. The van der Waals surface area contributed by atoms with E-state index in [0.717, 1.165) is 17.3 Å². The monoisotopic (exact) mass is 391 g/mol. The number of nitrogens with zero attached hydrogens (tertiary/aromatic N) is 2. The first-order chi connectivity index (χ1) is 12.5. The lowest BCUT2D eigenvalue weighted by molar-refractivity contribution is -0.118. The molecule has 0 radical (unpaired) electrons. The van der Waals surface area contributed by atoms with Crippen LogP contribution < -0.4 is 5.32 Å². The molecule has 0 bridgehead atoms. The summed E-state index contributed by atoms with van der Waals surface area (Å²) in [6, 6.07) is 11.9. The predicted molar refractivity (Wildman–Crippen MR) is 98.5 cm³/mol. The number of benzene rings is 2. The fourth-order valence-corrected chi connectivity index (χ4v) is 2.82. The van der Waals surface area contributed by atoms with Gasteiger partial charge in [-0.2, -0.15) is 0 Å². The summed E-state index contributed by atoms with van der Waals surface area (Å²) in [5.41, 5.74) is 2.03. The van der Waals surface area contributed by atoms with Gasteiger partial charge in [0.15, 0.2) is 0 Å². The topological polar surface area (TPSA) is 68.0 Å². The summed E-state index contributed by atoms with van der Waals surface area (Å²) >= 11 is 6.98. The third kappa shape index (κ3) is 4.83. The van der Waals surface area contributed by atoms with Gasteiger partial charge in [0.25, 0.3) is 5.22 Å². The van der Waals surface area contributed by atoms with Gasteiger partial charge in [0, 0.05) is 17.1 Å². The van der Waals surface area contributed by atoms with Crippen LogP contribution in [0.15, 0.2) is 52.1 Å². The molecule has 3 rings (SSSR count). The van der Waals surface area contributed by atoms with Crippen LogP contribution in [0.2, 0.25) is 5.02 Å². The third-order valence-electron chi connectivity index (χ3n) is 3.55. The highest BCUT2D eigenvalue weighted by Gasteiger charge is 2.11. The Balaban J connectivity index is 1.50. The summed E-state index contributed by atoms with van der Waals surface area (Å²) in [7, 11) is 0. The molecule has 1 amide bonds. The van der Waals surface area contributed by atoms with Crippen LogP contribution >= 0.6 is 23.4 Å². The Morgan fingerprint density at radius 2 is 2.00 bits per heavy atom. The maximum Gasteiger partial charge on any atom is 0.277 e. The molecule has 1 N–H and O–H groups in total. The van der Waals surface area contributed by atoms with Gasteiger partial charge in [-0.25, -0.2) is 4.39 Å². The van der Waals surface area contributed by atoms with E-state index in [0.29, 0.717) is 27.3 Å². The van der Waals surface area contributed by atoms with E-state index in [-0.39, 0.29) is 24.0 Å². The quantitative estimate of drug-likeness (QED) is 0.636. The Hall–Kier alpha value is -2.38. The van der Waals surface area contributed by atoms with Crippen molar-refractivity contribution in [1.29, 1.82) is 0 Å². The maximum atomic E-state index is 13.5. The van der Waals surface area contributed by atoms with Crippen molar-refractivity contribution >= 4 is 29.3 Å². The highest BCUT2D eigenvalue weighted by Crippen LogP contribution is 2.24. The van der Waals surface area contributed by atoms with Crippen LogP contribution in [0.4, 0.5) is 4.39 Å². The summed E-state index contributed by atoms with van der Waals surface area (Å²) in [4.78, 5) is 11.9. The van der Waals surface area contributed by atoms with Crippen molar-refractivity contribution in [2.45, 2.75) is 18.7 Å². The largest absolute Gasteiger partial charge is 0.411 e. The van der Waals surface area contributed by atoms with E-state index in [9.17, 15) is 9.18 Å². The van der Waals surface area contributed by atoms with Crippen molar-refractivity contribution in [2.24, 2.45) is 0 Å². The van der Waals surface area contributed by atoms with Crippen LogP contribution in [0.1, 0.15) is 11.1 Å². The van der Waals surface area contributed by atoms with Gasteiger partial charge in [0.2, 0.25) is 11.8 Å². The smallest absolute Gasteiger partial charge is 0.277 e. The molecule has 0 saturated carbocycles. The van der Waals surface area contributed by atoms with E-state index >= 15 is 0 Å². The van der Waals surface area contributed by atoms with Crippen molar-refractivity contribution in [2.75, 3.05) is 5.75 Å². The van der Waals surface area contributed by atoms with Gasteiger partial charge in [-0.3, -0.25) is 4.79 Å². The minimum atomic E-state index is -0.285.